The molecular formula is C21H35N5O2. The summed E-state index contributed by atoms with van der Waals surface area (Å²) in [6.45, 7) is 14.5. The maximum Gasteiger partial charge on any atom is 0.228 e. The molecule has 0 spiro atoms. The highest BCUT2D eigenvalue weighted by molar-refractivity contribution is 5.82. The summed E-state index contributed by atoms with van der Waals surface area (Å²) in [5.41, 5.74) is 0. The number of hydrogen-bond donors (Lipinski definition) is 0. The molecule has 0 N–H and O–H groups in total. The van der Waals surface area contributed by atoms with E-state index in [0.717, 1.165) is 51.1 Å². The number of nitrogens with zero attached hydrogens (tertiary/aromatic N) is 5. The van der Waals surface area contributed by atoms with Gasteiger partial charge in [-0.15, -0.1) is 0 Å². The van der Waals surface area contributed by atoms with Crippen molar-refractivity contribution in [3.05, 3.63) is 12.3 Å². The SMILES string of the molecule is CCOc1ccnc(N2CCN(CC3CCN(CC(=O)C(C)C)CC3)CC2)n1. The number of rotatable bonds is 8. The van der Waals surface area contributed by atoms with E-state index < -0.39 is 0 Å². The molecule has 0 amide bonds. The first-order chi connectivity index (χ1) is 13.5. The molecule has 2 fully saturated rings. The summed E-state index contributed by atoms with van der Waals surface area (Å²) in [5.74, 6) is 2.68. The van der Waals surface area contributed by atoms with Gasteiger partial charge in [0.25, 0.3) is 0 Å². The van der Waals surface area contributed by atoms with Crippen molar-refractivity contribution in [2.75, 3.05) is 63.9 Å². The summed E-state index contributed by atoms with van der Waals surface area (Å²) in [6.07, 6.45) is 4.17. The number of ketones is 1. The molecule has 7 heteroatoms. The summed E-state index contributed by atoms with van der Waals surface area (Å²) in [7, 11) is 0. The van der Waals surface area contributed by atoms with Crippen molar-refractivity contribution < 1.29 is 9.53 Å². The quantitative estimate of drug-likeness (QED) is 0.673. The van der Waals surface area contributed by atoms with E-state index in [1.807, 2.05) is 26.8 Å². The molecule has 0 saturated carbocycles. The highest BCUT2D eigenvalue weighted by atomic mass is 16.5. The molecule has 0 aliphatic carbocycles. The van der Waals surface area contributed by atoms with Gasteiger partial charge in [-0.1, -0.05) is 13.8 Å². The van der Waals surface area contributed by atoms with Gasteiger partial charge in [0, 0.05) is 50.9 Å². The van der Waals surface area contributed by atoms with Gasteiger partial charge in [0.1, 0.15) is 5.78 Å². The van der Waals surface area contributed by atoms with Crippen LogP contribution in [0.2, 0.25) is 0 Å². The molecule has 156 valence electrons. The van der Waals surface area contributed by atoms with Crippen LogP contribution in [0.1, 0.15) is 33.6 Å². The molecule has 7 nitrogen and oxygen atoms in total. The van der Waals surface area contributed by atoms with Crippen molar-refractivity contribution in [3.8, 4) is 5.88 Å². The van der Waals surface area contributed by atoms with Crippen LogP contribution in [0, 0.1) is 11.8 Å². The van der Waals surface area contributed by atoms with Crippen molar-refractivity contribution in [2.24, 2.45) is 11.8 Å². The lowest BCUT2D eigenvalue weighted by molar-refractivity contribution is -0.123. The summed E-state index contributed by atoms with van der Waals surface area (Å²) >= 11 is 0. The molecular weight excluding hydrogens is 354 g/mol. The molecule has 2 saturated heterocycles. The van der Waals surface area contributed by atoms with Gasteiger partial charge >= 0.3 is 0 Å². The third-order valence-electron chi connectivity index (χ3n) is 5.81. The van der Waals surface area contributed by atoms with E-state index in [1.165, 1.54) is 19.4 Å². The second-order valence-corrected chi connectivity index (χ2v) is 8.26. The number of likely N-dealkylation sites (tertiary alicyclic amines) is 1. The van der Waals surface area contributed by atoms with Crippen LogP contribution in [0.15, 0.2) is 12.3 Å². The van der Waals surface area contributed by atoms with E-state index in [0.29, 0.717) is 24.8 Å². The predicted octanol–water partition coefficient (Wildman–Crippen LogP) is 1.93. The number of anilines is 1. The number of aromatic nitrogens is 2. The van der Waals surface area contributed by atoms with Crippen molar-refractivity contribution in [3.63, 3.8) is 0 Å². The Morgan fingerprint density at radius 2 is 1.86 bits per heavy atom. The monoisotopic (exact) mass is 389 g/mol. The molecule has 2 aliphatic rings. The number of carbonyl (C=O) groups excluding carboxylic acids is 1. The Kier molecular flexibility index (Phi) is 7.62. The Hall–Kier alpha value is -1.73. The minimum Gasteiger partial charge on any atom is -0.478 e. The molecule has 1 aromatic heterocycles. The third-order valence-corrected chi connectivity index (χ3v) is 5.81. The number of piperazine rings is 1. The maximum atomic E-state index is 11.9. The van der Waals surface area contributed by atoms with E-state index in [9.17, 15) is 4.79 Å². The third kappa shape index (κ3) is 5.88. The van der Waals surface area contributed by atoms with Crippen LogP contribution in [-0.2, 0) is 4.79 Å². The first-order valence-electron chi connectivity index (χ1n) is 10.7. The zero-order chi connectivity index (χ0) is 19.9. The fourth-order valence-corrected chi connectivity index (χ4v) is 3.94. The van der Waals surface area contributed by atoms with Gasteiger partial charge in [-0.2, -0.15) is 4.98 Å². The summed E-state index contributed by atoms with van der Waals surface area (Å²) in [5, 5.41) is 0. The van der Waals surface area contributed by atoms with Gasteiger partial charge in [-0.25, -0.2) is 4.98 Å². The maximum absolute atomic E-state index is 11.9. The van der Waals surface area contributed by atoms with Crippen LogP contribution in [0.5, 0.6) is 5.88 Å². The van der Waals surface area contributed by atoms with Gasteiger partial charge in [-0.3, -0.25) is 14.6 Å². The minimum absolute atomic E-state index is 0.146. The number of piperidine rings is 1. The first kappa shape index (κ1) is 21.0. The lowest BCUT2D eigenvalue weighted by Gasteiger charge is -2.38. The number of ether oxygens (including phenoxy) is 1. The zero-order valence-corrected chi connectivity index (χ0v) is 17.6. The van der Waals surface area contributed by atoms with E-state index in [4.69, 9.17) is 4.74 Å². The Morgan fingerprint density at radius 3 is 2.50 bits per heavy atom. The number of hydrogen-bond acceptors (Lipinski definition) is 7. The number of carbonyl (C=O) groups is 1. The minimum atomic E-state index is 0.146. The van der Waals surface area contributed by atoms with Gasteiger partial charge < -0.3 is 9.64 Å². The average molecular weight is 390 g/mol. The lowest BCUT2D eigenvalue weighted by Crippen LogP contribution is -2.49. The molecule has 3 rings (SSSR count). The largest absolute Gasteiger partial charge is 0.478 e. The second kappa shape index (κ2) is 10.2. The standard InChI is InChI=1S/C21H35N5O2/c1-4-28-20-5-8-22-21(23-20)26-13-11-25(12-14-26)15-18-6-9-24(10-7-18)16-19(27)17(2)3/h5,8,17-18H,4,6-7,9-16H2,1-3H3. The topological polar surface area (TPSA) is 61.8 Å². The fourth-order valence-electron chi connectivity index (χ4n) is 3.94. The van der Waals surface area contributed by atoms with Crippen molar-refractivity contribution in [1.29, 1.82) is 0 Å². The van der Waals surface area contributed by atoms with Crippen molar-refractivity contribution >= 4 is 11.7 Å². The second-order valence-electron chi connectivity index (χ2n) is 8.26. The normalized spacial score (nSPS) is 19.9. The average Bonchev–Trinajstić information content (AvgIpc) is 2.70. The van der Waals surface area contributed by atoms with Gasteiger partial charge in [0.2, 0.25) is 11.8 Å². The summed E-state index contributed by atoms with van der Waals surface area (Å²) in [4.78, 5) is 28.0. The van der Waals surface area contributed by atoms with Crippen molar-refractivity contribution in [1.82, 2.24) is 19.8 Å². The van der Waals surface area contributed by atoms with Crippen LogP contribution in [0.3, 0.4) is 0 Å². The van der Waals surface area contributed by atoms with Crippen LogP contribution in [0.4, 0.5) is 5.95 Å². The molecule has 0 atom stereocenters. The molecule has 1 aromatic rings. The van der Waals surface area contributed by atoms with Crippen LogP contribution in [-0.4, -0.2) is 84.5 Å². The van der Waals surface area contributed by atoms with Crippen LogP contribution < -0.4 is 9.64 Å². The van der Waals surface area contributed by atoms with Crippen LogP contribution in [0.25, 0.3) is 0 Å². The van der Waals surface area contributed by atoms with E-state index in [-0.39, 0.29) is 5.92 Å². The molecule has 0 aromatic carbocycles. The van der Waals surface area contributed by atoms with Gasteiger partial charge in [0.15, 0.2) is 0 Å². The van der Waals surface area contributed by atoms with E-state index in [1.54, 1.807) is 6.20 Å². The van der Waals surface area contributed by atoms with Crippen LogP contribution >= 0.6 is 0 Å². The highest BCUT2D eigenvalue weighted by Crippen LogP contribution is 2.21. The highest BCUT2D eigenvalue weighted by Gasteiger charge is 2.25. The summed E-state index contributed by atoms with van der Waals surface area (Å²) in [6, 6.07) is 1.81. The van der Waals surface area contributed by atoms with E-state index >= 15 is 0 Å². The zero-order valence-electron chi connectivity index (χ0n) is 17.6. The van der Waals surface area contributed by atoms with Crippen molar-refractivity contribution in [2.45, 2.75) is 33.6 Å². The smallest absolute Gasteiger partial charge is 0.228 e. The molecule has 28 heavy (non-hydrogen) atoms. The molecule has 3 heterocycles. The van der Waals surface area contributed by atoms with Gasteiger partial charge in [0.05, 0.1) is 13.2 Å². The Labute approximate surface area is 169 Å². The molecule has 0 radical (unpaired) electrons. The van der Waals surface area contributed by atoms with Gasteiger partial charge in [-0.05, 0) is 38.8 Å². The summed E-state index contributed by atoms with van der Waals surface area (Å²) < 4.78 is 5.49. The Bertz CT molecular complexity index is 623. The predicted molar refractivity (Wildman–Crippen MR) is 111 cm³/mol. The Balaban J connectivity index is 1.39. The Morgan fingerprint density at radius 1 is 1.14 bits per heavy atom. The molecule has 2 aliphatic heterocycles. The lowest BCUT2D eigenvalue weighted by atomic mass is 9.95. The molecule has 0 bridgehead atoms. The molecule has 0 unspecified atom stereocenters. The number of Topliss-reactive ketones (excluding diaryl/α,β-unsaturated/α-hetero) is 1. The first-order valence-corrected chi connectivity index (χ1v) is 10.7. The van der Waals surface area contributed by atoms with E-state index in [2.05, 4.69) is 24.7 Å². The fraction of sp³-hybridized carbons (Fsp3) is 0.762.